The first-order valence-corrected chi connectivity index (χ1v) is 5.42. The lowest BCUT2D eigenvalue weighted by atomic mass is 10.2. The molecule has 0 aromatic carbocycles. The zero-order valence-electron chi connectivity index (χ0n) is 9.92. The first-order chi connectivity index (χ1) is 8.91. The van der Waals surface area contributed by atoms with Gasteiger partial charge in [-0.25, -0.2) is 9.67 Å². The number of aromatic nitrogens is 5. The van der Waals surface area contributed by atoms with Gasteiger partial charge in [-0.2, -0.15) is 23.4 Å². The number of Topliss-reactive ketones (excluding diaryl/α,β-unsaturated/α-hetero) is 1. The summed E-state index contributed by atoms with van der Waals surface area (Å²) in [6.45, 7) is 2.60. The van der Waals surface area contributed by atoms with Gasteiger partial charge < -0.3 is 0 Å². The molecule has 0 aliphatic carbocycles. The van der Waals surface area contributed by atoms with Crippen LogP contribution in [0.5, 0.6) is 0 Å². The molecule has 0 spiro atoms. The van der Waals surface area contributed by atoms with Crippen LogP contribution in [0.1, 0.15) is 23.1 Å². The fourth-order valence-corrected chi connectivity index (χ4v) is 1.55. The molecular weight excluding hydrogens is 263 g/mol. The first-order valence-electron chi connectivity index (χ1n) is 5.42. The summed E-state index contributed by atoms with van der Waals surface area (Å²) in [4.78, 5) is 15.0. The van der Waals surface area contributed by atoms with Gasteiger partial charge in [0.25, 0.3) is 5.78 Å². The van der Waals surface area contributed by atoms with Crippen molar-refractivity contribution in [2.45, 2.75) is 26.2 Å². The van der Waals surface area contributed by atoms with E-state index >= 15 is 0 Å². The smallest absolute Gasteiger partial charge is 0.284 e. The van der Waals surface area contributed by atoms with Gasteiger partial charge in [-0.05, 0) is 6.92 Å². The molecule has 0 saturated heterocycles. The topological polar surface area (TPSA) is 65.6 Å². The Morgan fingerprint density at radius 3 is 2.74 bits per heavy atom. The molecule has 0 radical (unpaired) electrons. The summed E-state index contributed by atoms with van der Waals surface area (Å²) in [7, 11) is 0. The highest BCUT2D eigenvalue weighted by Gasteiger charge is 2.39. The summed E-state index contributed by atoms with van der Waals surface area (Å²) in [5, 5.41) is 7.65. The van der Waals surface area contributed by atoms with Crippen molar-refractivity contribution < 1.29 is 18.0 Å². The van der Waals surface area contributed by atoms with Gasteiger partial charge in [0.05, 0.1) is 11.8 Å². The van der Waals surface area contributed by atoms with Gasteiger partial charge in [0.15, 0.2) is 0 Å². The van der Waals surface area contributed by atoms with Crippen molar-refractivity contribution >= 4 is 5.78 Å². The van der Waals surface area contributed by atoms with Crippen molar-refractivity contribution in [2.24, 2.45) is 0 Å². The van der Waals surface area contributed by atoms with Crippen molar-refractivity contribution in [3.8, 4) is 0 Å². The minimum atomic E-state index is -4.89. The number of rotatable bonds is 4. The second-order valence-electron chi connectivity index (χ2n) is 3.75. The van der Waals surface area contributed by atoms with E-state index in [-0.39, 0.29) is 6.54 Å². The van der Waals surface area contributed by atoms with Crippen LogP contribution in [-0.2, 0) is 13.1 Å². The molecule has 0 atom stereocenters. The van der Waals surface area contributed by atoms with Crippen LogP contribution in [-0.4, -0.2) is 36.5 Å². The number of alkyl halides is 3. The van der Waals surface area contributed by atoms with Gasteiger partial charge in [-0.1, -0.05) is 0 Å². The molecule has 0 unspecified atom stereocenters. The van der Waals surface area contributed by atoms with Crippen molar-refractivity contribution in [1.29, 1.82) is 0 Å². The largest absolute Gasteiger partial charge is 0.454 e. The number of carbonyl (C=O) groups excluding carboxylic acids is 1. The highest BCUT2D eigenvalue weighted by Crippen LogP contribution is 2.21. The minimum Gasteiger partial charge on any atom is -0.284 e. The summed E-state index contributed by atoms with van der Waals surface area (Å²) in [6.07, 6.45) is -1.60. The monoisotopic (exact) mass is 273 g/mol. The predicted molar refractivity (Wildman–Crippen MR) is 57.4 cm³/mol. The molecule has 0 N–H and O–H groups in total. The Labute approximate surface area is 105 Å². The quantitative estimate of drug-likeness (QED) is 0.787. The van der Waals surface area contributed by atoms with E-state index in [1.54, 1.807) is 4.68 Å². The van der Waals surface area contributed by atoms with Gasteiger partial charge >= 0.3 is 6.18 Å². The maximum Gasteiger partial charge on any atom is 0.454 e. The minimum absolute atomic E-state index is 0.152. The van der Waals surface area contributed by atoms with E-state index in [9.17, 15) is 18.0 Å². The molecule has 2 heterocycles. The van der Waals surface area contributed by atoms with Crippen LogP contribution >= 0.6 is 0 Å². The van der Waals surface area contributed by atoms with E-state index in [1.165, 1.54) is 11.0 Å². The number of halogens is 3. The summed E-state index contributed by atoms with van der Waals surface area (Å²) in [6, 6.07) is 0. The van der Waals surface area contributed by atoms with E-state index in [1.807, 2.05) is 6.92 Å². The average Bonchev–Trinajstić information content (AvgIpc) is 2.96. The molecule has 0 aliphatic rings. The van der Waals surface area contributed by atoms with E-state index in [4.69, 9.17) is 0 Å². The number of nitrogens with zero attached hydrogens (tertiary/aromatic N) is 5. The standard InChI is InChI=1S/C10H10F3N5O/c1-2-18-8(14-6-16-18)5-17-4-7(3-15-17)9(19)10(11,12)13/h3-4,6H,2,5H2,1H3. The zero-order chi connectivity index (χ0) is 14.0. The fourth-order valence-electron chi connectivity index (χ4n) is 1.55. The molecular formula is C10H10F3N5O. The van der Waals surface area contributed by atoms with Crippen molar-refractivity contribution in [3.63, 3.8) is 0 Å². The maximum atomic E-state index is 12.2. The van der Waals surface area contributed by atoms with Gasteiger partial charge in [-0.15, -0.1) is 0 Å². The highest BCUT2D eigenvalue weighted by atomic mass is 19.4. The Balaban J connectivity index is 2.16. The molecule has 0 aliphatic heterocycles. The van der Waals surface area contributed by atoms with Gasteiger partial charge in [0, 0.05) is 12.7 Å². The third kappa shape index (κ3) is 2.80. The molecule has 102 valence electrons. The molecule has 2 aromatic heterocycles. The van der Waals surface area contributed by atoms with Crippen molar-refractivity contribution in [1.82, 2.24) is 24.5 Å². The number of carbonyl (C=O) groups is 1. The van der Waals surface area contributed by atoms with E-state index < -0.39 is 17.5 Å². The lowest BCUT2D eigenvalue weighted by molar-refractivity contribution is -0.0885. The van der Waals surface area contributed by atoms with Gasteiger partial charge in [0.2, 0.25) is 0 Å². The zero-order valence-corrected chi connectivity index (χ0v) is 9.92. The SMILES string of the molecule is CCn1ncnc1Cn1cc(C(=O)C(F)(F)F)cn1. The molecule has 0 bridgehead atoms. The number of hydrogen-bond acceptors (Lipinski definition) is 4. The van der Waals surface area contributed by atoms with Crippen LogP contribution in [0.2, 0.25) is 0 Å². The lowest BCUT2D eigenvalue weighted by Gasteiger charge is -2.03. The molecule has 0 saturated carbocycles. The Hall–Kier alpha value is -2.19. The molecule has 0 amide bonds. The molecule has 2 rings (SSSR count). The van der Waals surface area contributed by atoms with Crippen LogP contribution in [0.15, 0.2) is 18.7 Å². The van der Waals surface area contributed by atoms with E-state index in [0.717, 1.165) is 12.4 Å². The second-order valence-corrected chi connectivity index (χ2v) is 3.75. The van der Waals surface area contributed by atoms with Crippen LogP contribution < -0.4 is 0 Å². The Morgan fingerprint density at radius 1 is 1.37 bits per heavy atom. The second kappa shape index (κ2) is 4.82. The molecule has 19 heavy (non-hydrogen) atoms. The van der Waals surface area contributed by atoms with Crippen molar-refractivity contribution in [2.75, 3.05) is 0 Å². The van der Waals surface area contributed by atoms with Crippen molar-refractivity contribution in [3.05, 3.63) is 30.1 Å². The third-order valence-electron chi connectivity index (χ3n) is 2.45. The van der Waals surface area contributed by atoms with E-state index in [2.05, 4.69) is 15.2 Å². The van der Waals surface area contributed by atoms with Crippen LogP contribution in [0.3, 0.4) is 0 Å². The van der Waals surface area contributed by atoms with Crippen LogP contribution in [0, 0.1) is 0 Å². The predicted octanol–water partition coefficient (Wildman–Crippen LogP) is 1.29. The fraction of sp³-hybridized carbons (Fsp3) is 0.400. The Morgan fingerprint density at radius 2 is 2.11 bits per heavy atom. The molecule has 6 nitrogen and oxygen atoms in total. The highest BCUT2D eigenvalue weighted by molar-refractivity contribution is 5.99. The Kier molecular flexibility index (Phi) is 3.36. The number of aryl methyl sites for hydroxylation is 1. The Bertz CT molecular complexity index is 586. The molecule has 9 heteroatoms. The van der Waals surface area contributed by atoms with Gasteiger partial charge in [0.1, 0.15) is 18.7 Å². The third-order valence-corrected chi connectivity index (χ3v) is 2.45. The maximum absolute atomic E-state index is 12.2. The summed E-state index contributed by atoms with van der Waals surface area (Å²) in [5.41, 5.74) is -0.491. The first kappa shape index (κ1) is 13.2. The normalized spacial score (nSPS) is 11.8. The van der Waals surface area contributed by atoms with Crippen LogP contribution in [0.25, 0.3) is 0 Å². The number of ketones is 1. The molecule has 0 fully saturated rings. The number of hydrogen-bond donors (Lipinski definition) is 0. The van der Waals surface area contributed by atoms with E-state index in [0.29, 0.717) is 12.4 Å². The summed E-state index contributed by atoms with van der Waals surface area (Å²) >= 11 is 0. The average molecular weight is 273 g/mol. The summed E-state index contributed by atoms with van der Waals surface area (Å²) in [5.74, 6) is -1.35. The lowest BCUT2D eigenvalue weighted by Crippen LogP contribution is -2.22. The van der Waals surface area contributed by atoms with Gasteiger partial charge in [-0.3, -0.25) is 9.48 Å². The summed E-state index contributed by atoms with van der Waals surface area (Å²) < 4.78 is 39.5. The molecule has 2 aromatic rings. The van der Waals surface area contributed by atoms with Crippen LogP contribution in [0.4, 0.5) is 13.2 Å².